The molecule has 2 aromatic carbocycles. The molecular formula is C24H29N3O4. The third-order valence-corrected chi connectivity index (χ3v) is 5.30. The quantitative estimate of drug-likeness (QED) is 0.630. The smallest absolute Gasteiger partial charge is 0.338 e. The Hall–Kier alpha value is -3.48. The second-order valence-electron chi connectivity index (χ2n) is 7.03. The fourth-order valence-corrected chi connectivity index (χ4v) is 3.70. The van der Waals surface area contributed by atoms with E-state index in [1.807, 2.05) is 24.3 Å². The van der Waals surface area contributed by atoms with Crippen LogP contribution < -0.4 is 20.3 Å². The minimum Gasteiger partial charge on any atom is -0.497 e. The van der Waals surface area contributed by atoms with Crippen LogP contribution in [0.1, 0.15) is 37.9 Å². The molecular weight excluding hydrogens is 394 g/mol. The zero-order valence-corrected chi connectivity index (χ0v) is 18.4. The van der Waals surface area contributed by atoms with Crippen LogP contribution in [0.2, 0.25) is 0 Å². The van der Waals surface area contributed by atoms with Crippen LogP contribution in [0.4, 0.5) is 10.5 Å². The molecule has 7 heteroatoms. The molecule has 0 saturated carbocycles. The third-order valence-electron chi connectivity index (χ3n) is 5.30. The number of hydrogen-bond donors (Lipinski definition) is 2. The first kappa shape index (κ1) is 22.2. The molecule has 2 amide bonds. The van der Waals surface area contributed by atoms with E-state index >= 15 is 0 Å². The Labute approximate surface area is 183 Å². The first-order valence-electron chi connectivity index (χ1n) is 10.5. The van der Waals surface area contributed by atoms with Gasteiger partial charge in [-0.15, -0.1) is 0 Å². The second kappa shape index (κ2) is 10.0. The summed E-state index contributed by atoms with van der Waals surface area (Å²) in [4.78, 5) is 27.7. The lowest BCUT2D eigenvalue weighted by Gasteiger charge is -2.30. The molecule has 1 atom stereocenters. The molecule has 1 unspecified atom stereocenters. The molecule has 1 heterocycles. The van der Waals surface area contributed by atoms with E-state index in [1.165, 1.54) is 0 Å². The van der Waals surface area contributed by atoms with Crippen molar-refractivity contribution in [3.63, 3.8) is 0 Å². The number of urea groups is 1. The van der Waals surface area contributed by atoms with Crippen LogP contribution in [-0.4, -0.2) is 38.8 Å². The SMILES string of the molecule is CCOC(=O)C1=C(c2ccc(OC)cc2)NC(=O)NC1c1ccc(N(CC)CC)cc1. The molecule has 31 heavy (non-hydrogen) atoms. The zero-order valence-electron chi connectivity index (χ0n) is 18.4. The topological polar surface area (TPSA) is 79.9 Å². The van der Waals surface area contributed by atoms with Crippen molar-refractivity contribution >= 4 is 23.4 Å². The van der Waals surface area contributed by atoms with Crippen molar-refractivity contribution < 1.29 is 19.1 Å². The fraction of sp³-hybridized carbons (Fsp3) is 0.333. The average molecular weight is 424 g/mol. The zero-order chi connectivity index (χ0) is 22.4. The van der Waals surface area contributed by atoms with Gasteiger partial charge >= 0.3 is 12.0 Å². The number of amides is 2. The Morgan fingerprint density at radius 1 is 1.00 bits per heavy atom. The highest BCUT2D eigenvalue weighted by Crippen LogP contribution is 2.33. The average Bonchev–Trinajstić information content (AvgIpc) is 2.80. The van der Waals surface area contributed by atoms with Gasteiger partial charge in [0.15, 0.2) is 0 Å². The normalized spacial score (nSPS) is 15.7. The van der Waals surface area contributed by atoms with Crippen molar-refractivity contribution in [1.82, 2.24) is 10.6 Å². The predicted molar refractivity (Wildman–Crippen MR) is 121 cm³/mol. The summed E-state index contributed by atoms with van der Waals surface area (Å²) in [5.41, 5.74) is 3.39. The highest BCUT2D eigenvalue weighted by Gasteiger charge is 2.34. The molecule has 0 aliphatic carbocycles. The summed E-state index contributed by atoms with van der Waals surface area (Å²) >= 11 is 0. The highest BCUT2D eigenvalue weighted by atomic mass is 16.5. The number of benzene rings is 2. The maximum atomic E-state index is 13.0. The lowest BCUT2D eigenvalue weighted by Crippen LogP contribution is -2.45. The van der Waals surface area contributed by atoms with Crippen molar-refractivity contribution in [3.8, 4) is 5.75 Å². The van der Waals surface area contributed by atoms with Gasteiger partial charge in [0, 0.05) is 18.8 Å². The van der Waals surface area contributed by atoms with E-state index in [0.29, 0.717) is 22.6 Å². The molecule has 7 nitrogen and oxygen atoms in total. The number of nitrogens with zero attached hydrogens (tertiary/aromatic N) is 1. The van der Waals surface area contributed by atoms with Crippen LogP contribution in [0.15, 0.2) is 54.1 Å². The van der Waals surface area contributed by atoms with Crippen LogP contribution in [0.3, 0.4) is 0 Å². The van der Waals surface area contributed by atoms with Crippen molar-refractivity contribution in [2.24, 2.45) is 0 Å². The van der Waals surface area contributed by atoms with Gasteiger partial charge in [0.25, 0.3) is 0 Å². The number of ether oxygens (including phenoxy) is 2. The maximum Gasteiger partial charge on any atom is 0.338 e. The van der Waals surface area contributed by atoms with Gasteiger partial charge < -0.3 is 25.0 Å². The van der Waals surface area contributed by atoms with Gasteiger partial charge in [0.05, 0.1) is 31.0 Å². The molecule has 0 saturated heterocycles. The number of methoxy groups -OCH3 is 1. The first-order valence-corrected chi connectivity index (χ1v) is 10.5. The van der Waals surface area contributed by atoms with Gasteiger partial charge in [0.2, 0.25) is 0 Å². The van der Waals surface area contributed by atoms with E-state index in [2.05, 4.69) is 29.4 Å². The van der Waals surface area contributed by atoms with Crippen LogP contribution in [0, 0.1) is 0 Å². The number of nitrogens with one attached hydrogen (secondary N) is 2. The summed E-state index contributed by atoms with van der Waals surface area (Å²) in [5.74, 6) is 0.212. The van der Waals surface area contributed by atoms with Crippen LogP contribution >= 0.6 is 0 Å². The number of rotatable bonds is 8. The molecule has 0 aromatic heterocycles. The monoisotopic (exact) mass is 423 g/mol. The second-order valence-corrected chi connectivity index (χ2v) is 7.03. The van der Waals surface area contributed by atoms with Crippen molar-refractivity contribution in [2.75, 3.05) is 31.7 Å². The summed E-state index contributed by atoms with van der Waals surface area (Å²) in [5, 5.41) is 5.66. The summed E-state index contributed by atoms with van der Waals surface area (Å²) < 4.78 is 10.6. The number of carbonyl (C=O) groups is 2. The van der Waals surface area contributed by atoms with E-state index in [4.69, 9.17) is 9.47 Å². The van der Waals surface area contributed by atoms with E-state index in [-0.39, 0.29) is 12.6 Å². The number of carbonyl (C=O) groups excluding carboxylic acids is 2. The largest absolute Gasteiger partial charge is 0.497 e. The molecule has 1 aliphatic heterocycles. The van der Waals surface area contributed by atoms with Crippen LogP contribution in [0.5, 0.6) is 5.75 Å². The lowest BCUT2D eigenvalue weighted by molar-refractivity contribution is -0.138. The van der Waals surface area contributed by atoms with Gasteiger partial charge in [-0.1, -0.05) is 12.1 Å². The molecule has 2 aromatic rings. The molecule has 0 spiro atoms. The summed E-state index contributed by atoms with van der Waals surface area (Å²) in [6.45, 7) is 8.00. The number of anilines is 1. The maximum absolute atomic E-state index is 13.0. The Morgan fingerprint density at radius 2 is 1.65 bits per heavy atom. The first-order chi connectivity index (χ1) is 15.0. The van der Waals surface area contributed by atoms with E-state index in [1.54, 1.807) is 38.3 Å². The molecule has 164 valence electrons. The van der Waals surface area contributed by atoms with Crippen molar-refractivity contribution in [1.29, 1.82) is 0 Å². The minimum atomic E-state index is -0.629. The van der Waals surface area contributed by atoms with Gasteiger partial charge in [-0.05, 0) is 68.3 Å². The Bertz CT molecular complexity index is 948. The van der Waals surface area contributed by atoms with Gasteiger partial charge in [-0.2, -0.15) is 0 Å². The number of hydrogen-bond acceptors (Lipinski definition) is 5. The van der Waals surface area contributed by atoms with Crippen LogP contribution in [-0.2, 0) is 9.53 Å². The van der Waals surface area contributed by atoms with Crippen molar-refractivity contribution in [3.05, 3.63) is 65.2 Å². The van der Waals surface area contributed by atoms with Crippen molar-refractivity contribution in [2.45, 2.75) is 26.8 Å². The summed E-state index contributed by atoms with van der Waals surface area (Å²) in [6, 6.07) is 14.1. The summed E-state index contributed by atoms with van der Waals surface area (Å²) in [7, 11) is 1.59. The van der Waals surface area contributed by atoms with E-state index in [0.717, 1.165) is 24.3 Å². The predicted octanol–water partition coefficient (Wildman–Crippen LogP) is 3.87. The lowest BCUT2D eigenvalue weighted by atomic mass is 9.92. The van der Waals surface area contributed by atoms with Gasteiger partial charge in [-0.25, -0.2) is 9.59 Å². The van der Waals surface area contributed by atoms with E-state index in [9.17, 15) is 9.59 Å². The molecule has 3 rings (SSSR count). The molecule has 0 bridgehead atoms. The molecule has 0 fully saturated rings. The molecule has 2 N–H and O–H groups in total. The van der Waals surface area contributed by atoms with Gasteiger partial charge in [-0.3, -0.25) is 0 Å². The standard InChI is InChI=1S/C24H29N3O4/c1-5-27(6-2)18-12-8-16(9-13-18)21-20(23(28)31-7-3)22(26-24(29)25-21)17-10-14-19(30-4)15-11-17/h8-15,21H,5-7H2,1-4H3,(H2,25,26,29). The number of esters is 1. The molecule has 0 radical (unpaired) electrons. The van der Waals surface area contributed by atoms with Crippen LogP contribution in [0.25, 0.3) is 5.70 Å². The Morgan fingerprint density at radius 3 is 2.19 bits per heavy atom. The Kier molecular flexibility index (Phi) is 7.18. The highest BCUT2D eigenvalue weighted by molar-refractivity contribution is 6.04. The molecule has 1 aliphatic rings. The third kappa shape index (κ3) is 4.82. The minimum absolute atomic E-state index is 0.236. The summed E-state index contributed by atoms with van der Waals surface area (Å²) in [6.07, 6.45) is 0. The van der Waals surface area contributed by atoms with Gasteiger partial charge in [0.1, 0.15) is 5.75 Å². The van der Waals surface area contributed by atoms with E-state index < -0.39 is 12.0 Å². The fourth-order valence-electron chi connectivity index (χ4n) is 3.70. The Balaban J connectivity index is 2.08.